The largest absolute Gasteiger partial charge is 0.493 e. The van der Waals surface area contributed by atoms with E-state index in [2.05, 4.69) is 9.47 Å². The molecule has 0 bridgehead atoms. The zero-order valence-electron chi connectivity index (χ0n) is 27.8. The predicted molar refractivity (Wildman–Crippen MR) is 162 cm³/mol. The Balaban J connectivity index is 1.16. The fourth-order valence-electron chi connectivity index (χ4n) is 5.12. The lowest BCUT2D eigenvalue weighted by Crippen LogP contribution is -2.25. The van der Waals surface area contributed by atoms with Crippen molar-refractivity contribution in [2.24, 2.45) is 5.92 Å². The van der Waals surface area contributed by atoms with Gasteiger partial charge in [-0.05, 0) is 31.6 Å². The molecule has 294 valence electrons. The summed E-state index contributed by atoms with van der Waals surface area (Å²) in [6.45, 7) is 1.82. The van der Waals surface area contributed by atoms with Crippen LogP contribution >= 0.6 is 0 Å². The van der Waals surface area contributed by atoms with Crippen LogP contribution in [0.4, 0.5) is 61.5 Å². The Hall–Kier alpha value is -4.90. The molecule has 4 aromatic rings. The van der Waals surface area contributed by atoms with Crippen LogP contribution in [0.25, 0.3) is 0 Å². The summed E-state index contributed by atoms with van der Waals surface area (Å²) in [6.07, 6.45) is -6.18. The Morgan fingerprint density at radius 2 is 0.704 bits per heavy atom. The summed E-state index contributed by atoms with van der Waals surface area (Å²) in [7, 11) is 0. The summed E-state index contributed by atoms with van der Waals surface area (Å²) >= 11 is 0. The Morgan fingerprint density at radius 3 is 1.00 bits per heavy atom. The van der Waals surface area contributed by atoms with Crippen molar-refractivity contribution in [2.75, 3.05) is 13.2 Å². The van der Waals surface area contributed by atoms with E-state index in [0.29, 0.717) is 62.8 Å². The third-order valence-corrected chi connectivity index (χ3v) is 7.74. The van der Waals surface area contributed by atoms with E-state index >= 15 is 0 Å². The fraction of sp³-hybridized carbons (Fsp3) is 0.333. The van der Waals surface area contributed by atoms with E-state index in [1.807, 2.05) is 6.92 Å². The molecule has 0 fully saturated rings. The van der Waals surface area contributed by atoms with Crippen molar-refractivity contribution in [3.8, 4) is 23.0 Å². The van der Waals surface area contributed by atoms with Gasteiger partial charge in [0.05, 0.1) is 13.2 Å². The standard InChI is InChI=1S/C36H28F14O4/c1-18(6-2-4-8-51-19-10-23(37)31(24(38)11-19)35(47,48)53-21-14-27(41)33(45)28(42)15-21)7-3-5-9-52-20-12-25(39)32(26(40)13-20)36(49,50)54-22-16-29(43)34(46)30(44)17-22/h10-18H,2-9H2,1H3. The predicted octanol–water partition coefficient (Wildman–Crippen LogP) is 11.8. The molecule has 0 N–H and O–H groups in total. The zero-order valence-corrected chi connectivity index (χ0v) is 27.8. The van der Waals surface area contributed by atoms with E-state index in [1.165, 1.54) is 0 Å². The van der Waals surface area contributed by atoms with Crippen molar-refractivity contribution in [3.63, 3.8) is 0 Å². The number of benzene rings is 4. The number of ether oxygens (including phenoxy) is 4. The van der Waals surface area contributed by atoms with Crippen molar-refractivity contribution >= 4 is 0 Å². The van der Waals surface area contributed by atoms with E-state index in [0.717, 1.165) is 0 Å². The summed E-state index contributed by atoms with van der Waals surface area (Å²) < 4.78 is 214. The van der Waals surface area contributed by atoms with Crippen LogP contribution in [0, 0.1) is 64.1 Å². The maximum atomic E-state index is 14.5. The number of halogens is 14. The van der Waals surface area contributed by atoms with Crippen molar-refractivity contribution in [1.29, 1.82) is 0 Å². The van der Waals surface area contributed by atoms with Gasteiger partial charge in [0.25, 0.3) is 0 Å². The van der Waals surface area contributed by atoms with Gasteiger partial charge in [0.15, 0.2) is 34.9 Å². The molecule has 0 spiro atoms. The number of unbranched alkanes of at least 4 members (excludes halogenated alkanes) is 2. The molecule has 0 heterocycles. The van der Waals surface area contributed by atoms with Gasteiger partial charge < -0.3 is 18.9 Å². The number of rotatable bonds is 18. The monoisotopic (exact) mass is 790 g/mol. The van der Waals surface area contributed by atoms with Gasteiger partial charge in [-0.1, -0.05) is 19.8 Å². The van der Waals surface area contributed by atoms with Crippen LogP contribution in [0.3, 0.4) is 0 Å². The SMILES string of the molecule is CC(CCCCOc1cc(F)c(C(F)(F)Oc2cc(F)c(F)c(F)c2)c(F)c1)CCCCOc1cc(F)c(C(F)(F)Oc2cc(F)c(F)c(F)c2)c(F)c1. The van der Waals surface area contributed by atoms with E-state index < -0.39 is 105 Å². The number of hydrogen-bond acceptors (Lipinski definition) is 4. The van der Waals surface area contributed by atoms with Gasteiger partial charge >= 0.3 is 12.2 Å². The van der Waals surface area contributed by atoms with Crippen LogP contribution in [-0.2, 0) is 12.2 Å². The molecular formula is C36H28F14O4. The molecule has 0 aliphatic rings. The van der Waals surface area contributed by atoms with Crippen LogP contribution in [0.15, 0.2) is 48.5 Å². The minimum Gasteiger partial charge on any atom is -0.493 e. The molecular weight excluding hydrogens is 762 g/mol. The first kappa shape index (κ1) is 41.9. The highest BCUT2D eigenvalue weighted by Gasteiger charge is 2.43. The van der Waals surface area contributed by atoms with Gasteiger partial charge in [0.1, 0.15) is 57.4 Å². The summed E-state index contributed by atoms with van der Waals surface area (Å²) in [5, 5.41) is 0. The van der Waals surface area contributed by atoms with Crippen LogP contribution in [0.5, 0.6) is 23.0 Å². The van der Waals surface area contributed by atoms with E-state index in [9.17, 15) is 61.5 Å². The molecule has 0 radical (unpaired) electrons. The van der Waals surface area contributed by atoms with Crippen molar-refractivity contribution in [1.82, 2.24) is 0 Å². The van der Waals surface area contributed by atoms with E-state index in [-0.39, 0.29) is 43.4 Å². The van der Waals surface area contributed by atoms with E-state index in [4.69, 9.17) is 9.47 Å². The van der Waals surface area contributed by atoms with Gasteiger partial charge in [-0.2, -0.15) is 17.6 Å². The molecule has 4 aromatic carbocycles. The Bertz CT molecular complexity index is 1710. The molecule has 0 aliphatic carbocycles. The summed E-state index contributed by atoms with van der Waals surface area (Å²) in [4.78, 5) is 0. The van der Waals surface area contributed by atoms with E-state index in [1.54, 1.807) is 0 Å². The maximum absolute atomic E-state index is 14.5. The summed E-state index contributed by atoms with van der Waals surface area (Å²) in [5.41, 5.74) is -3.74. The maximum Gasteiger partial charge on any atom is 0.432 e. The molecule has 54 heavy (non-hydrogen) atoms. The molecule has 4 nitrogen and oxygen atoms in total. The molecule has 18 heteroatoms. The average Bonchev–Trinajstić information content (AvgIpc) is 3.04. The lowest BCUT2D eigenvalue weighted by atomic mass is 9.98. The molecule has 0 unspecified atom stereocenters. The minimum atomic E-state index is -4.74. The molecule has 0 atom stereocenters. The van der Waals surface area contributed by atoms with Gasteiger partial charge in [0, 0.05) is 48.5 Å². The van der Waals surface area contributed by atoms with Gasteiger partial charge in [-0.15, -0.1) is 0 Å². The second-order valence-electron chi connectivity index (χ2n) is 12.0. The highest BCUT2D eigenvalue weighted by Crippen LogP contribution is 2.39. The second kappa shape index (κ2) is 17.5. The Kier molecular flexibility index (Phi) is 13.6. The smallest absolute Gasteiger partial charge is 0.432 e. The first-order valence-electron chi connectivity index (χ1n) is 16.0. The van der Waals surface area contributed by atoms with Crippen molar-refractivity contribution in [2.45, 2.75) is 57.7 Å². The third-order valence-electron chi connectivity index (χ3n) is 7.74. The quantitative estimate of drug-likeness (QED) is 0.0571. The molecule has 0 amide bonds. The molecule has 0 aliphatic heterocycles. The van der Waals surface area contributed by atoms with Crippen LogP contribution in [0.2, 0.25) is 0 Å². The summed E-state index contributed by atoms with van der Waals surface area (Å²) in [5.74, 6) is -21.6. The van der Waals surface area contributed by atoms with Crippen LogP contribution in [0.1, 0.15) is 56.6 Å². The highest BCUT2D eigenvalue weighted by atomic mass is 19.3. The van der Waals surface area contributed by atoms with Crippen LogP contribution in [-0.4, -0.2) is 13.2 Å². The lowest BCUT2D eigenvalue weighted by Gasteiger charge is -2.20. The Labute approximate surface area is 298 Å². The molecule has 0 saturated carbocycles. The number of hydrogen-bond donors (Lipinski definition) is 0. The zero-order chi connectivity index (χ0) is 40.0. The minimum absolute atomic E-state index is 0.0485. The summed E-state index contributed by atoms with van der Waals surface area (Å²) in [6, 6.07) is 2.19. The molecule has 0 aromatic heterocycles. The van der Waals surface area contributed by atoms with Crippen molar-refractivity contribution < 1.29 is 80.4 Å². The third kappa shape index (κ3) is 10.6. The first-order chi connectivity index (χ1) is 25.3. The van der Waals surface area contributed by atoms with Gasteiger partial charge in [-0.3, -0.25) is 0 Å². The van der Waals surface area contributed by atoms with Gasteiger partial charge in [0.2, 0.25) is 0 Å². The lowest BCUT2D eigenvalue weighted by molar-refractivity contribution is -0.190. The highest BCUT2D eigenvalue weighted by molar-refractivity contribution is 5.35. The van der Waals surface area contributed by atoms with Crippen molar-refractivity contribution in [3.05, 3.63) is 118 Å². The van der Waals surface area contributed by atoms with Crippen LogP contribution < -0.4 is 18.9 Å². The first-order valence-corrected chi connectivity index (χ1v) is 16.0. The fourth-order valence-corrected chi connectivity index (χ4v) is 5.12. The molecule has 4 rings (SSSR count). The van der Waals surface area contributed by atoms with Gasteiger partial charge in [-0.25, -0.2) is 43.9 Å². The topological polar surface area (TPSA) is 36.9 Å². The average molecular weight is 791 g/mol. The normalized spacial score (nSPS) is 12.0. The second-order valence-corrected chi connectivity index (χ2v) is 12.0. The number of alkyl halides is 4. The Morgan fingerprint density at radius 1 is 0.426 bits per heavy atom. The molecule has 0 saturated heterocycles.